The summed E-state index contributed by atoms with van der Waals surface area (Å²) in [5.74, 6) is -0.793. The first kappa shape index (κ1) is 12.8. The summed E-state index contributed by atoms with van der Waals surface area (Å²) in [6, 6.07) is -0.300. The lowest BCUT2D eigenvalue weighted by Crippen LogP contribution is -2.55. The number of rotatable bonds is 2. The van der Waals surface area contributed by atoms with Crippen molar-refractivity contribution in [1.82, 2.24) is 5.32 Å². The van der Waals surface area contributed by atoms with E-state index in [-0.39, 0.29) is 24.2 Å². The molecule has 1 N–H and O–H groups in total. The Bertz CT molecular complexity index is 306. The van der Waals surface area contributed by atoms with Crippen LogP contribution >= 0.6 is 0 Å². The summed E-state index contributed by atoms with van der Waals surface area (Å²) in [5, 5.41) is 2.81. The van der Waals surface area contributed by atoms with Crippen LogP contribution in [0.4, 0.5) is 0 Å². The van der Waals surface area contributed by atoms with Gasteiger partial charge >= 0.3 is 0 Å². The van der Waals surface area contributed by atoms with Gasteiger partial charge in [-0.05, 0) is 13.8 Å². The average molecular weight is 245 g/mol. The molecule has 2 aliphatic heterocycles. The Morgan fingerprint density at radius 3 is 2.76 bits per heavy atom. The fraction of sp³-hybridized carbons (Fsp3) is 0.909. The maximum atomic E-state index is 11.2. The normalized spacial score (nSPS) is 39.8. The van der Waals surface area contributed by atoms with Gasteiger partial charge < -0.3 is 24.3 Å². The van der Waals surface area contributed by atoms with Crippen LogP contribution in [-0.2, 0) is 23.7 Å². The number of hydrogen-bond acceptors (Lipinski definition) is 5. The van der Waals surface area contributed by atoms with E-state index >= 15 is 0 Å². The van der Waals surface area contributed by atoms with Gasteiger partial charge in [-0.15, -0.1) is 0 Å². The van der Waals surface area contributed by atoms with Crippen molar-refractivity contribution in [3.8, 4) is 0 Å². The molecule has 0 aliphatic carbocycles. The van der Waals surface area contributed by atoms with Crippen molar-refractivity contribution in [3.63, 3.8) is 0 Å². The van der Waals surface area contributed by atoms with Crippen molar-refractivity contribution in [2.75, 3.05) is 13.7 Å². The Balaban J connectivity index is 2.12. The Morgan fingerprint density at radius 1 is 1.47 bits per heavy atom. The van der Waals surface area contributed by atoms with Crippen LogP contribution in [0.1, 0.15) is 20.8 Å². The van der Waals surface area contributed by atoms with E-state index in [0.29, 0.717) is 6.61 Å². The minimum atomic E-state index is -0.663. The molecule has 2 heterocycles. The number of ether oxygens (including phenoxy) is 4. The molecule has 0 aromatic heterocycles. The second-order valence-electron chi connectivity index (χ2n) is 4.80. The van der Waals surface area contributed by atoms with Gasteiger partial charge in [-0.2, -0.15) is 0 Å². The molecule has 4 atom stereocenters. The molecular formula is C11H19NO5. The van der Waals surface area contributed by atoms with Crippen LogP contribution in [0.15, 0.2) is 0 Å². The van der Waals surface area contributed by atoms with E-state index in [2.05, 4.69) is 5.32 Å². The molecule has 2 fully saturated rings. The molecule has 4 unspecified atom stereocenters. The number of hydrogen-bond donors (Lipinski definition) is 1. The highest BCUT2D eigenvalue weighted by Gasteiger charge is 2.51. The molecule has 0 aromatic carbocycles. The highest BCUT2D eigenvalue weighted by molar-refractivity contribution is 5.73. The minimum Gasteiger partial charge on any atom is -0.354 e. The average Bonchev–Trinajstić information content (AvgIpc) is 2.54. The lowest BCUT2D eigenvalue weighted by molar-refractivity contribution is -0.296. The molecule has 98 valence electrons. The third-order valence-electron chi connectivity index (χ3n) is 2.94. The maximum absolute atomic E-state index is 11.2. The van der Waals surface area contributed by atoms with Gasteiger partial charge in [0, 0.05) is 14.0 Å². The van der Waals surface area contributed by atoms with E-state index in [9.17, 15) is 4.79 Å². The van der Waals surface area contributed by atoms with Gasteiger partial charge in [0.15, 0.2) is 12.1 Å². The summed E-state index contributed by atoms with van der Waals surface area (Å²) in [7, 11) is 1.54. The molecule has 0 saturated carbocycles. The van der Waals surface area contributed by atoms with Crippen molar-refractivity contribution < 1.29 is 23.7 Å². The molecular weight excluding hydrogens is 226 g/mol. The molecule has 0 bridgehead atoms. The first-order chi connectivity index (χ1) is 7.93. The van der Waals surface area contributed by atoms with Crippen LogP contribution in [0.25, 0.3) is 0 Å². The fourth-order valence-corrected chi connectivity index (χ4v) is 2.24. The van der Waals surface area contributed by atoms with Gasteiger partial charge in [0.05, 0.1) is 6.61 Å². The van der Waals surface area contributed by atoms with Crippen LogP contribution in [0.2, 0.25) is 0 Å². The van der Waals surface area contributed by atoms with Crippen LogP contribution in [0.3, 0.4) is 0 Å². The molecule has 2 rings (SSSR count). The van der Waals surface area contributed by atoms with Gasteiger partial charge in [0.2, 0.25) is 5.91 Å². The number of fused-ring (bicyclic) bond motifs is 1. The lowest BCUT2D eigenvalue weighted by Gasteiger charge is -2.38. The summed E-state index contributed by atoms with van der Waals surface area (Å²) in [4.78, 5) is 11.2. The molecule has 6 nitrogen and oxygen atoms in total. The van der Waals surface area contributed by atoms with Gasteiger partial charge in [-0.25, -0.2) is 0 Å². The molecule has 0 spiro atoms. The van der Waals surface area contributed by atoms with Gasteiger partial charge in [0.1, 0.15) is 18.2 Å². The quantitative estimate of drug-likeness (QED) is 0.742. The second-order valence-corrected chi connectivity index (χ2v) is 4.80. The molecule has 0 aromatic rings. The number of amides is 1. The van der Waals surface area contributed by atoms with Gasteiger partial charge in [-0.3, -0.25) is 4.79 Å². The minimum absolute atomic E-state index is 0.130. The molecule has 2 aliphatic rings. The zero-order valence-electron chi connectivity index (χ0n) is 10.6. The molecule has 1 amide bonds. The van der Waals surface area contributed by atoms with Crippen molar-refractivity contribution in [3.05, 3.63) is 0 Å². The standard InChI is InChI=1S/C11H19NO5/c1-6(13)12-8-9-7(16-10(8)14-4)5-15-11(2,3)17-9/h7-10H,5H2,1-4H3,(H,12,13). The third kappa shape index (κ3) is 2.60. The summed E-state index contributed by atoms with van der Waals surface area (Å²) < 4.78 is 22.2. The number of nitrogens with one attached hydrogen (secondary N) is 1. The predicted octanol–water partition coefficient (Wildman–Crippen LogP) is 0.0139. The number of carbonyl (C=O) groups is 1. The van der Waals surface area contributed by atoms with Crippen LogP contribution in [0.5, 0.6) is 0 Å². The van der Waals surface area contributed by atoms with E-state index in [1.807, 2.05) is 13.8 Å². The SMILES string of the molecule is COC1OC2COC(C)(C)OC2C1NC(C)=O. The number of methoxy groups -OCH3 is 1. The van der Waals surface area contributed by atoms with Crippen LogP contribution in [-0.4, -0.2) is 50.0 Å². The van der Waals surface area contributed by atoms with Crippen molar-refractivity contribution in [2.24, 2.45) is 0 Å². The van der Waals surface area contributed by atoms with E-state index < -0.39 is 12.1 Å². The fourth-order valence-electron chi connectivity index (χ4n) is 2.24. The Morgan fingerprint density at radius 2 is 2.18 bits per heavy atom. The first-order valence-electron chi connectivity index (χ1n) is 5.70. The molecule has 2 saturated heterocycles. The lowest BCUT2D eigenvalue weighted by atomic mass is 10.1. The first-order valence-corrected chi connectivity index (χ1v) is 5.70. The summed E-state index contributed by atoms with van der Waals surface area (Å²) in [6.07, 6.45) is -0.941. The van der Waals surface area contributed by atoms with Crippen molar-refractivity contribution >= 4 is 5.91 Å². The zero-order valence-corrected chi connectivity index (χ0v) is 10.6. The van der Waals surface area contributed by atoms with E-state index in [0.717, 1.165) is 0 Å². The largest absolute Gasteiger partial charge is 0.354 e. The Labute approximate surface area is 101 Å². The summed E-state index contributed by atoms with van der Waals surface area (Å²) in [5.41, 5.74) is 0. The van der Waals surface area contributed by atoms with E-state index in [4.69, 9.17) is 18.9 Å². The Kier molecular flexibility index (Phi) is 3.40. The summed E-state index contributed by atoms with van der Waals surface area (Å²) >= 11 is 0. The zero-order chi connectivity index (χ0) is 12.6. The molecule has 17 heavy (non-hydrogen) atoms. The Hall–Kier alpha value is -0.690. The topological polar surface area (TPSA) is 66.0 Å². The van der Waals surface area contributed by atoms with Crippen LogP contribution < -0.4 is 5.32 Å². The van der Waals surface area contributed by atoms with E-state index in [1.54, 1.807) is 7.11 Å². The number of carbonyl (C=O) groups excluding carboxylic acids is 1. The van der Waals surface area contributed by atoms with Crippen LogP contribution in [0, 0.1) is 0 Å². The maximum Gasteiger partial charge on any atom is 0.217 e. The summed E-state index contributed by atoms with van der Waals surface area (Å²) in [6.45, 7) is 5.58. The third-order valence-corrected chi connectivity index (χ3v) is 2.94. The smallest absolute Gasteiger partial charge is 0.217 e. The van der Waals surface area contributed by atoms with Crippen molar-refractivity contribution in [2.45, 2.75) is 51.1 Å². The highest BCUT2D eigenvalue weighted by atomic mass is 16.8. The van der Waals surface area contributed by atoms with Crippen molar-refractivity contribution in [1.29, 1.82) is 0 Å². The second kappa shape index (κ2) is 4.53. The monoisotopic (exact) mass is 245 g/mol. The molecule has 0 radical (unpaired) electrons. The van der Waals surface area contributed by atoms with Gasteiger partial charge in [-0.1, -0.05) is 0 Å². The predicted molar refractivity (Wildman–Crippen MR) is 58.2 cm³/mol. The van der Waals surface area contributed by atoms with Gasteiger partial charge in [0.25, 0.3) is 0 Å². The molecule has 6 heteroatoms. The van der Waals surface area contributed by atoms with E-state index in [1.165, 1.54) is 6.92 Å². The highest BCUT2D eigenvalue weighted by Crippen LogP contribution is 2.33.